The second kappa shape index (κ2) is 5.45. The maximum atomic E-state index is 5.94. The molecule has 1 saturated heterocycles. The lowest BCUT2D eigenvalue weighted by Gasteiger charge is -2.44. The van der Waals surface area contributed by atoms with Gasteiger partial charge in [-0.2, -0.15) is 0 Å². The lowest BCUT2D eigenvalue weighted by atomic mass is 9.90. The van der Waals surface area contributed by atoms with Crippen LogP contribution in [-0.2, 0) is 11.2 Å². The summed E-state index contributed by atoms with van der Waals surface area (Å²) in [7, 11) is 0. The molecule has 0 bridgehead atoms. The molecule has 0 amide bonds. The number of anilines is 1. The van der Waals surface area contributed by atoms with Crippen LogP contribution in [0.15, 0.2) is 6.07 Å². The van der Waals surface area contributed by atoms with Gasteiger partial charge >= 0.3 is 0 Å². The van der Waals surface area contributed by atoms with Crippen LogP contribution >= 0.6 is 0 Å². The van der Waals surface area contributed by atoms with E-state index in [4.69, 9.17) is 4.74 Å². The van der Waals surface area contributed by atoms with Crippen LogP contribution in [0.4, 0.5) is 5.82 Å². The summed E-state index contributed by atoms with van der Waals surface area (Å²) in [5.41, 5.74) is 1.14. The predicted molar refractivity (Wildman–Crippen MR) is 75.5 cm³/mol. The standard InChI is InChI=1S/C15H23N3O/c1-3-12-10-15(17-11(2)16-12)18-8-9-19-14-7-5-4-6-13(14)18/h10,13-14H,3-9H2,1-2H3. The van der Waals surface area contributed by atoms with Crippen LogP contribution in [0.25, 0.3) is 0 Å². The second-order valence-corrected chi connectivity index (χ2v) is 5.57. The summed E-state index contributed by atoms with van der Waals surface area (Å²) >= 11 is 0. The topological polar surface area (TPSA) is 38.2 Å². The average molecular weight is 261 g/mol. The summed E-state index contributed by atoms with van der Waals surface area (Å²) in [6.07, 6.45) is 6.42. The highest BCUT2D eigenvalue weighted by atomic mass is 16.5. The Hall–Kier alpha value is -1.16. The van der Waals surface area contributed by atoms with Gasteiger partial charge in [-0.25, -0.2) is 9.97 Å². The van der Waals surface area contributed by atoms with Crippen LogP contribution in [-0.4, -0.2) is 35.3 Å². The van der Waals surface area contributed by atoms with Gasteiger partial charge in [0.05, 0.1) is 18.8 Å². The molecule has 4 nitrogen and oxygen atoms in total. The molecule has 3 rings (SSSR count). The Kier molecular flexibility index (Phi) is 3.69. The van der Waals surface area contributed by atoms with Gasteiger partial charge in [-0.3, -0.25) is 0 Å². The van der Waals surface area contributed by atoms with Gasteiger partial charge in [0.2, 0.25) is 0 Å². The third-order valence-corrected chi connectivity index (χ3v) is 4.27. The Bertz CT molecular complexity index is 447. The van der Waals surface area contributed by atoms with Gasteiger partial charge in [-0.1, -0.05) is 19.8 Å². The molecule has 1 aromatic heterocycles. The van der Waals surface area contributed by atoms with E-state index in [2.05, 4.69) is 27.9 Å². The highest BCUT2D eigenvalue weighted by Gasteiger charge is 2.34. The number of ether oxygens (including phenoxy) is 1. The van der Waals surface area contributed by atoms with Crippen LogP contribution in [0, 0.1) is 6.92 Å². The van der Waals surface area contributed by atoms with Crippen LogP contribution in [0.5, 0.6) is 0 Å². The van der Waals surface area contributed by atoms with Gasteiger partial charge in [0, 0.05) is 18.3 Å². The van der Waals surface area contributed by atoms with Gasteiger partial charge in [0.15, 0.2) is 0 Å². The fourth-order valence-electron chi connectivity index (χ4n) is 3.32. The van der Waals surface area contributed by atoms with Crippen molar-refractivity contribution in [2.24, 2.45) is 0 Å². The lowest BCUT2D eigenvalue weighted by Crippen LogP contribution is -2.53. The molecule has 0 aromatic carbocycles. The molecule has 2 fully saturated rings. The molecule has 1 aliphatic heterocycles. The number of aromatic nitrogens is 2. The fraction of sp³-hybridized carbons (Fsp3) is 0.733. The number of aryl methyl sites for hydroxylation is 2. The maximum absolute atomic E-state index is 5.94. The normalized spacial score (nSPS) is 27.2. The van der Waals surface area contributed by atoms with Crippen molar-refractivity contribution in [1.29, 1.82) is 0 Å². The van der Waals surface area contributed by atoms with Crippen molar-refractivity contribution in [3.8, 4) is 0 Å². The minimum absolute atomic E-state index is 0.405. The van der Waals surface area contributed by atoms with E-state index in [-0.39, 0.29) is 0 Å². The first-order chi connectivity index (χ1) is 9.28. The van der Waals surface area contributed by atoms with Crippen LogP contribution in [0.2, 0.25) is 0 Å². The lowest BCUT2D eigenvalue weighted by molar-refractivity contribution is -0.00901. The molecular weight excluding hydrogens is 238 g/mol. The Morgan fingerprint density at radius 1 is 1.32 bits per heavy atom. The van der Waals surface area contributed by atoms with Crippen molar-refractivity contribution in [2.45, 2.75) is 58.1 Å². The third-order valence-electron chi connectivity index (χ3n) is 4.27. The monoisotopic (exact) mass is 261 g/mol. The average Bonchev–Trinajstić information content (AvgIpc) is 2.46. The third kappa shape index (κ3) is 2.59. The number of fused-ring (bicyclic) bond motifs is 1. The number of morpholine rings is 1. The second-order valence-electron chi connectivity index (χ2n) is 5.57. The molecule has 2 unspecified atom stereocenters. The molecule has 4 heteroatoms. The Morgan fingerprint density at radius 2 is 2.16 bits per heavy atom. The zero-order valence-corrected chi connectivity index (χ0v) is 11.9. The molecule has 104 valence electrons. The van der Waals surface area contributed by atoms with E-state index in [9.17, 15) is 0 Å². The number of hydrogen-bond donors (Lipinski definition) is 0. The minimum Gasteiger partial charge on any atom is -0.374 e. The predicted octanol–water partition coefficient (Wildman–Crippen LogP) is 2.50. The summed E-state index contributed by atoms with van der Waals surface area (Å²) < 4.78 is 5.94. The minimum atomic E-state index is 0.405. The van der Waals surface area contributed by atoms with E-state index >= 15 is 0 Å². The van der Waals surface area contributed by atoms with Gasteiger partial charge < -0.3 is 9.64 Å². The molecule has 0 radical (unpaired) electrons. The molecular formula is C15H23N3O. The van der Waals surface area contributed by atoms with Crippen molar-refractivity contribution in [3.05, 3.63) is 17.6 Å². The summed E-state index contributed by atoms with van der Waals surface area (Å²) in [4.78, 5) is 11.6. The number of hydrogen-bond acceptors (Lipinski definition) is 4. The molecule has 0 N–H and O–H groups in total. The number of rotatable bonds is 2. The first-order valence-electron chi connectivity index (χ1n) is 7.50. The fourth-order valence-corrected chi connectivity index (χ4v) is 3.32. The van der Waals surface area contributed by atoms with E-state index in [1.807, 2.05) is 6.92 Å². The highest BCUT2D eigenvalue weighted by Crippen LogP contribution is 2.31. The summed E-state index contributed by atoms with van der Waals surface area (Å²) in [5, 5.41) is 0. The van der Waals surface area contributed by atoms with E-state index < -0.39 is 0 Å². The number of nitrogens with zero attached hydrogens (tertiary/aromatic N) is 3. The zero-order chi connectivity index (χ0) is 13.2. The Labute approximate surface area is 115 Å². The SMILES string of the molecule is CCc1cc(N2CCOC3CCCCC32)nc(C)n1. The Morgan fingerprint density at radius 3 is 3.00 bits per heavy atom. The smallest absolute Gasteiger partial charge is 0.132 e. The van der Waals surface area contributed by atoms with Crippen molar-refractivity contribution in [3.63, 3.8) is 0 Å². The van der Waals surface area contributed by atoms with E-state index in [1.54, 1.807) is 0 Å². The summed E-state index contributed by atoms with van der Waals surface area (Å²) in [6, 6.07) is 2.67. The summed E-state index contributed by atoms with van der Waals surface area (Å²) in [6.45, 7) is 5.92. The van der Waals surface area contributed by atoms with Gasteiger partial charge in [0.1, 0.15) is 11.6 Å². The quantitative estimate of drug-likeness (QED) is 0.820. The molecule has 2 heterocycles. The highest BCUT2D eigenvalue weighted by molar-refractivity contribution is 5.42. The summed E-state index contributed by atoms with van der Waals surface area (Å²) in [5.74, 6) is 1.98. The first kappa shape index (κ1) is 12.9. The van der Waals surface area contributed by atoms with Crippen LogP contribution in [0.1, 0.15) is 44.1 Å². The molecule has 2 aliphatic rings. The molecule has 0 spiro atoms. The van der Waals surface area contributed by atoms with Crippen LogP contribution < -0.4 is 4.90 Å². The van der Waals surface area contributed by atoms with Crippen molar-refractivity contribution in [2.75, 3.05) is 18.1 Å². The molecule has 1 saturated carbocycles. The largest absolute Gasteiger partial charge is 0.374 e. The van der Waals surface area contributed by atoms with E-state index in [1.165, 1.54) is 25.7 Å². The van der Waals surface area contributed by atoms with Gasteiger partial charge in [-0.05, 0) is 26.2 Å². The maximum Gasteiger partial charge on any atom is 0.132 e. The van der Waals surface area contributed by atoms with Crippen molar-refractivity contribution in [1.82, 2.24) is 9.97 Å². The first-order valence-corrected chi connectivity index (χ1v) is 7.50. The molecule has 2 atom stereocenters. The Balaban J connectivity index is 1.89. The van der Waals surface area contributed by atoms with Crippen molar-refractivity contribution >= 4 is 5.82 Å². The van der Waals surface area contributed by atoms with Gasteiger partial charge in [-0.15, -0.1) is 0 Å². The molecule has 1 aromatic rings. The van der Waals surface area contributed by atoms with E-state index in [0.29, 0.717) is 12.1 Å². The van der Waals surface area contributed by atoms with Gasteiger partial charge in [0.25, 0.3) is 0 Å². The van der Waals surface area contributed by atoms with E-state index in [0.717, 1.165) is 36.9 Å². The molecule has 19 heavy (non-hydrogen) atoms. The molecule has 1 aliphatic carbocycles. The van der Waals surface area contributed by atoms with Crippen LogP contribution in [0.3, 0.4) is 0 Å². The van der Waals surface area contributed by atoms with Crippen molar-refractivity contribution < 1.29 is 4.74 Å². The zero-order valence-electron chi connectivity index (χ0n) is 11.9.